The number of hydrogen-bond donors (Lipinski definition) is 0. The van der Waals surface area contributed by atoms with E-state index in [0.717, 1.165) is 82.6 Å². The van der Waals surface area contributed by atoms with Gasteiger partial charge in [0.2, 0.25) is 0 Å². The Balaban J connectivity index is 0.000000113. The van der Waals surface area contributed by atoms with Crippen LogP contribution >= 0.6 is 0 Å². The van der Waals surface area contributed by atoms with Gasteiger partial charge in [-0.1, -0.05) is 6.07 Å². The van der Waals surface area contributed by atoms with Crippen molar-refractivity contribution in [2.24, 2.45) is 0 Å². The Labute approximate surface area is 788 Å². The summed E-state index contributed by atoms with van der Waals surface area (Å²) in [5, 5.41) is 15.4. The molecule has 25 aromatic rings. The van der Waals surface area contributed by atoms with Crippen LogP contribution < -0.4 is 4.46 Å². The molecule has 5 aromatic heterocycles. The van der Waals surface area contributed by atoms with E-state index in [0.29, 0.717) is 46.6 Å². The molecular weight excluding hydrogens is 1820 g/mol. The third kappa shape index (κ3) is 16.5. The van der Waals surface area contributed by atoms with E-state index in [1.807, 2.05) is 121 Å². The number of aromatic nitrogens is 9. The average molecular weight is 1890 g/mol. The van der Waals surface area contributed by atoms with E-state index in [2.05, 4.69) is 356 Å². The summed E-state index contributed by atoms with van der Waals surface area (Å²) in [5.74, 6) is 6.08. The van der Waals surface area contributed by atoms with Gasteiger partial charge in [-0.05, 0) is 0 Å². The van der Waals surface area contributed by atoms with Crippen LogP contribution in [0.1, 0.15) is 0 Å². The minimum atomic E-state index is 0.123. The van der Waals surface area contributed by atoms with Crippen LogP contribution in [-0.4, -0.2) is 89.9 Å². The second kappa shape index (κ2) is 36.2. The molecule has 133 heavy (non-hydrogen) atoms. The predicted molar refractivity (Wildman–Crippen MR) is 556 cm³/mol. The van der Waals surface area contributed by atoms with Gasteiger partial charge in [0, 0.05) is 0 Å². The SMILES string of the molecule is [SeH]c1c(-c2ccc(-c3ccc4ccccc4c3)cc2)cccc1-c1nc(-c2ccccc2)nc(-c2ccccc2)n1.c1ccc(-c2cccc(-c3nc(-c4ccccc4)nc(-c4ccc5c(c4)[se]c4c(-c6ccc7ccccc7c6)cccc45)n3)c2)cc1.c1ccc(-c2nc(-c3ccccc3)nc(-c3cccc4c3[se]c3ccc(-c5cc6ccccc6c6ccccc56)cc34)n2)cc1. The van der Waals surface area contributed by atoms with Crippen molar-refractivity contribution in [3.05, 3.63) is 461 Å². The van der Waals surface area contributed by atoms with Gasteiger partial charge in [0.15, 0.2) is 0 Å². The Hall–Kier alpha value is -16.0. The van der Waals surface area contributed by atoms with E-state index < -0.39 is 0 Å². The van der Waals surface area contributed by atoms with Crippen LogP contribution in [0.3, 0.4) is 0 Å². The van der Waals surface area contributed by atoms with E-state index in [1.54, 1.807) is 0 Å². The summed E-state index contributed by atoms with van der Waals surface area (Å²) in [7, 11) is 0. The Kier molecular flexibility index (Phi) is 22.2. The number of fused-ring (bicyclic) bond motifs is 11. The molecule has 5 heterocycles. The fraction of sp³-hybridized carbons (Fsp3) is 0. The fourth-order valence-corrected chi connectivity index (χ4v) is 23.8. The molecule has 0 atom stereocenters. The first kappa shape index (κ1) is 81.5. The zero-order chi connectivity index (χ0) is 88.5. The molecule has 0 fully saturated rings. The molecule has 0 saturated carbocycles. The van der Waals surface area contributed by atoms with Gasteiger partial charge in [0.1, 0.15) is 0 Å². The molecule has 624 valence electrons. The van der Waals surface area contributed by atoms with E-state index in [4.69, 9.17) is 44.9 Å². The van der Waals surface area contributed by atoms with Crippen LogP contribution in [0.15, 0.2) is 461 Å². The normalized spacial score (nSPS) is 11.3. The molecule has 0 radical (unpaired) electrons. The monoisotopic (exact) mass is 1900 g/mol. The van der Waals surface area contributed by atoms with Crippen LogP contribution in [-0.2, 0) is 0 Å². The third-order valence-corrected chi connectivity index (χ3v) is 30.6. The summed E-state index contributed by atoms with van der Waals surface area (Å²) in [5.41, 5.74) is 20.9. The van der Waals surface area contributed by atoms with Crippen LogP contribution in [0.4, 0.5) is 0 Å². The molecule has 0 bridgehead atoms. The molecule has 0 N–H and O–H groups in total. The van der Waals surface area contributed by atoms with Crippen LogP contribution in [0.5, 0.6) is 0 Å². The zero-order valence-electron chi connectivity index (χ0n) is 71.7. The Morgan fingerprint density at radius 2 is 0.474 bits per heavy atom. The van der Waals surface area contributed by atoms with Crippen molar-refractivity contribution in [1.82, 2.24) is 44.9 Å². The van der Waals surface area contributed by atoms with Crippen molar-refractivity contribution in [2.75, 3.05) is 0 Å². The topological polar surface area (TPSA) is 116 Å². The van der Waals surface area contributed by atoms with Gasteiger partial charge in [-0.2, -0.15) is 0 Å². The molecule has 0 aliphatic carbocycles. The van der Waals surface area contributed by atoms with Crippen LogP contribution in [0, 0.1) is 0 Å². The molecular formula is C121H77N9Se3. The van der Waals surface area contributed by atoms with Gasteiger partial charge in [-0.25, -0.2) is 0 Å². The summed E-state index contributed by atoms with van der Waals surface area (Å²) < 4.78 is 6.57. The van der Waals surface area contributed by atoms with Crippen molar-refractivity contribution < 1.29 is 0 Å². The van der Waals surface area contributed by atoms with Gasteiger partial charge >= 0.3 is 789 Å². The quantitative estimate of drug-likeness (QED) is 0.0775. The summed E-state index contributed by atoms with van der Waals surface area (Å²) in [6.07, 6.45) is 0. The zero-order valence-corrected chi connectivity index (χ0v) is 77.0. The number of hydrogen-bond acceptors (Lipinski definition) is 9. The molecule has 0 saturated heterocycles. The van der Waals surface area contributed by atoms with Gasteiger partial charge in [0.05, 0.1) is 0 Å². The molecule has 0 aliphatic rings. The molecule has 9 nitrogen and oxygen atoms in total. The molecule has 12 heteroatoms. The molecule has 20 aromatic carbocycles. The Bertz CT molecular complexity index is 8580. The maximum atomic E-state index is 5.09. The second-order valence-corrected chi connectivity index (χ2v) is 38.1. The van der Waals surface area contributed by atoms with E-state index >= 15 is 0 Å². The Morgan fingerprint density at radius 1 is 0.143 bits per heavy atom. The van der Waals surface area contributed by atoms with Gasteiger partial charge in [0.25, 0.3) is 0 Å². The maximum absolute atomic E-state index is 5.09. The van der Waals surface area contributed by atoms with Gasteiger partial charge < -0.3 is 0 Å². The first-order valence-corrected chi connectivity index (χ1v) is 48.6. The first-order valence-electron chi connectivity index (χ1n) is 44.2. The van der Waals surface area contributed by atoms with Crippen molar-refractivity contribution in [2.45, 2.75) is 0 Å². The van der Waals surface area contributed by atoms with Crippen LogP contribution in [0.2, 0.25) is 0 Å². The van der Waals surface area contributed by atoms with Crippen molar-refractivity contribution in [1.29, 1.82) is 0 Å². The molecule has 0 aliphatic heterocycles. The Morgan fingerprint density at radius 3 is 1.04 bits per heavy atom. The summed E-state index contributed by atoms with van der Waals surface area (Å²) >= 11 is 3.00. The van der Waals surface area contributed by atoms with Crippen molar-refractivity contribution >= 4 is 131 Å². The second-order valence-electron chi connectivity index (χ2n) is 32.8. The van der Waals surface area contributed by atoms with Gasteiger partial charge in [-0.3, -0.25) is 0 Å². The van der Waals surface area contributed by atoms with Crippen molar-refractivity contribution in [3.63, 3.8) is 0 Å². The van der Waals surface area contributed by atoms with E-state index in [9.17, 15) is 0 Å². The van der Waals surface area contributed by atoms with E-state index in [-0.39, 0.29) is 29.0 Å². The number of nitrogens with zero attached hydrogens (tertiary/aromatic N) is 9. The number of rotatable bonds is 14. The molecule has 25 rings (SSSR count). The fourth-order valence-electron chi connectivity index (χ4n) is 17.8. The molecule has 0 unspecified atom stereocenters. The van der Waals surface area contributed by atoms with Gasteiger partial charge in [-0.15, -0.1) is 0 Å². The minimum absolute atomic E-state index is 0.123. The summed E-state index contributed by atoms with van der Waals surface area (Å²) in [6.45, 7) is 0. The van der Waals surface area contributed by atoms with Crippen molar-refractivity contribution in [3.8, 4) is 158 Å². The third-order valence-electron chi connectivity index (χ3n) is 24.5. The first-order chi connectivity index (χ1) is 65.8. The molecule has 0 amide bonds. The standard InChI is InChI=1S/C43H27N3Se.C41H25N3Se.C37H25N3Se/c1-3-11-28(12-4-1)32-17-9-18-34(26-32)42-44-41(30-14-5-2-6-15-30)45-43(46-42)35-23-24-37-38-20-10-19-36(40(38)47-39(37)27-35)33-22-21-29-13-7-8-16-31(29)25-33;1-3-12-26(13-4-1)39-42-40(27-14-5-2-6-15-27)44-41(43-39)34-21-11-20-33-36-25-29(22-23-37(36)45-38(33)34)35-24-28-16-7-8-17-30(28)31-18-9-10-19-32(31)35;41-34-32(27-21-18-26(19-22-27)31-23-20-25-10-7-8-15-30(25)24-31)16-9-17-33(34)37-39-35(28-11-3-1-4-12-28)38-36(40-37)29-13-5-2-6-14-29/h1-27H;1-25H;1-24,41H. The summed E-state index contributed by atoms with van der Waals surface area (Å²) in [6, 6.07) is 162. The number of benzene rings is 20. The molecule has 0 spiro atoms. The predicted octanol–water partition coefficient (Wildman–Crippen LogP) is 28.8. The average Bonchev–Trinajstić information content (AvgIpc) is 1.41. The van der Waals surface area contributed by atoms with E-state index in [1.165, 1.54) is 115 Å². The summed E-state index contributed by atoms with van der Waals surface area (Å²) in [4.78, 5) is 44.8. The van der Waals surface area contributed by atoms with Crippen LogP contribution in [0.25, 0.3) is 240 Å².